The molecule has 0 amide bonds. The maximum atomic E-state index is 12.5. The highest BCUT2D eigenvalue weighted by Crippen LogP contribution is 2.32. The van der Waals surface area contributed by atoms with Crippen LogP contribution in [0.1, 0.15) is 5.56 Å². The Bertz CT molecular complexity index is 605. The van der Waals surface area contributed by atoms with Gasteiger partial charge in [0.2, 0.25) is 0 Å². The molecule has 0 atom stereocenters. The van der Waals surface area contributed by atoms with E-state index in [9.17, 15) is 8.78 Å². The van der Waals surface area contributed by atoms with E-state index >= 15 is 0 Å². The number of hydrogen-bond acceptors (Lipinski definition) is 5. The van der Waals surface area contributed by atoms with Crippen molar-refractivity contribution < 1.29 is 23.4 Å². The number of para-hydroxylation sites is 1. The molecule has 1 heterocycles. The van der Waals surface area contributed by atoms with E-state index in [1.165, 1.54) is 7.11 Å². The van der Waals surface area contributed by atoms with Gasteiger partial charge in [0.25, 0.3) is 0 Å². The van der Waals surface area contributed by atoms with Crippen LogP contribution < -0.4 is 14.8 Å². The van der Waals surface area contributed by atoms with Crippen molar-refractivity contribution >= 4 is 5.69 Å². The van der Waals surface area contributed by atoms with Crippen LogP contribution in [0.4, 0.5) is 14.5 Å². The monoisotopic (exact) mass is 313 g/mol. The molecule has 0 bridgehead atoms. The summed E-state index contributed by atoms with van der Waals surface area (Å²) in [5.74, 6) is 0.255. The number of aliphatic hydroxyl groups is 1. The Morgan fingerprint density at radius 2 is 2.23 bits per heavy atom. The Kier molecular flexibility index (Phi) is 5.54. The second kappa shape index (κ2) is 7.60. The van der Waals surface area contributed by atoms with Gasteiger partial charge in [0.1, 0.15) is 0 Å². The van der Waals surface area contributed by atoms with Crippen LogP contribution >= 0.6 is 0 Å². The Morgan fingerprint density at radius 3 is 2.91 bits per heavy atom. The number of alkyl halides is 2. The molecular weight excluding hydrogens is 296 g/mol. The third-order valence-electron chi connectivity index (χ3n) is 2.93. The molecule has 2 N–H and O–H groups in total. The Balaban J connectivity index is 2.10. The predicted octanol–water partition coefficient (Wildman–Crippen LogP) is 2.10. The summed E-state index contributed by atoms with van der Waals surface area (Å²) in [6.45, 7) is -2.28. The average Bonchev–Trinajstić information content (AvgIpc) is 2.93. The smallest absolute Gasteiger partial charge is 0.387 e. The number of aliphatic hydroxyl groups excluding tert-OH is 1. The van der Waals surface area contributed by atoms with Crippen molar-refractivity contribution in [3.05, 3.63) is 36.2 Å². The molecule has 0 radical (unpaired) electrons. The van der Waals surface area contributed by atoms with Gasteiger partial charge >= 0.3 is 6.61 Å². The van der Waals surface area contributed by atoms with Gasteiger partial charge < -0.3 is 19.9 Å². The highest BCUT2D eigenvalue weighted by molar-refractivity contribution is 5.49. The standard InChI is InChI=1S/C14H17F2N3O3/c1-21-12-4-2-3-10(13(12)22-14(15)16)7-17-11-8-18-19(9-11)5-6-20/h2-4,8-9,14,17,20H,5-7H2,1H3. The summed E-state index contributed by atoms with van der Waals surface area (Å²) in [6, 6.07) is 4.93. The minimum atomic E-state index is -2.93. The molecule has 6 nitrogen and oxygen atoms in total. The number of ether oxygens (including phenoxy) is 2. The number of aromatic nitrogens is 2. The van der Waals surface area contributed by atoms with Gasteiger partial charge in [-0.1, -0.05) is 12.1 Å². The van der Waals surface area contributed by atoms with Crippen LogP contribution in [-0.2, 0) is 13.1 Å². The van der Waals surface area contributed by atoms with Gasteiger partial charge in [0.15, 0.2) is 11.5 Å². The lowest BCUT2D eigenvalue weighted by molar-refractivity contribution is -0.0517. The van der Waals surface area contributed by atoms with Crippen LogP contribution in [0.5, 0.6) is 11.5 Å². The van der Waals surface area contributed by atoms with Gasteiger partial charge in [0, 0.05) is 18.3 Å². The van der Waals surface area contributed by atoms with E-state index in [2.05, 4.69) is 15.2 Å². The Labute approximate surface area is 126 Å². The molecule has 0 aliphatic rings. The number of nitrogens with one attached hydrogen (secondary N) is 1. The van der Waals surface area contributed by atoms with Crippen LogP contribution in [-0.4, -0.2) is 35.2 Å². The number of hydrogen-bond donors (Lipinski definition) is 2. The fraction of sp³-hybridized carbons (Fsp3) is 0.357. The van der Waals surface area contributed by atoms with Crippen molar-refractivity contribution in [1.82, 2.24) is 9.78 Å². The molecule has 22 heavy (non-hydrogen) atoms. The zero-order chi connectivity index (χ0) is 15.9. The Morgan fingerprint density at radius 1 is 1.41 bits per heavy atom. The molecule has 0 fully saturated rings. The summed E-state index contributed by atoms with van der Waals surface area (Å²) in [5, 5.41) is 15.9. The van der Waals surface area contributed by atoms with Crippen LogP contribution in [0.15, 0.2) is 30.6 Å². The van der Waals surface area contributed by atoms with E-state index < -0.39 is 6.61 Å². The van der Waals surface area contributed by atoms with E-state index in [-0.39, 0.29) is 24.7 Å². The fourth-order valence-corrected chi connectivity index (χ4v) is 1.96. The van der Waals surface area contributed by atoms with Crippen LogP contribution in [0.2, 0.25) is 0 Å². The fourth-order valence-electron chi connectivity index (χ4n) is 1.96. The first-order valence-corrected chi connectivity index (χ1v) is 6.62. The minimum absolute atomic E-state index is 0.00949. The molecule has 1 aromatic carbocycles. The van der Waals surface area contributed by atoms with E-state index in [1.807, 2.05) is 0 Å². The zero-order valence-electron chi connectivity index (χ0n) is 12.0. The first-order valence-electron chi connectivity index (χ1n) is 6.62. The number of methoxy groups -OCH3 is 1. The van der Waals surface area contributed by atoms with Crippen molar-refractivity contribution in [2.75, 3.05) is 19.0 Å². The number of anilines is 1. The summed E-state index contributed by atoms with van der Waals surface area (Å²) in [6.07, 6.45) is 3.30. The summed E-state index contributed by atoms with van der Waals surface area (Å²) in [4.78, 5) is 0. The molecule has 1 aromatic heterocycles. The second-order valence-corrected chi connectivity index (χ2v) is 4.40. The largest absolute Gasteiger partial charge is 0.493 e. The van der Waals surface area contributed by atoms with Gasteiger partial charge in [-0.05, 0) is 6.07 Å². The molecule has 0 unspecified atom stereocenters. The van der Waals surface area contributed by atoms with Gasteiger partial charge in [0.05, 0.1) is 32.1 Å². The molecule has 2 aromatic rings. The van der Waals surface area contributed by atoms with Gasteiger partial charge in [-0.3, -0.25) is 4.68 Å². The number of rotatable bonds is 8. The van der Waals surface area contributed by atoms with E-state index in [1.54, 1.807) is 35.3 Å². The zero-order valence-corrected chi connectivity index (χ0v) is 12.0. The highest BCUT2D eigenvalue weighted by Gasteiger charge is 2.15. The number of benzene rings is 1. The van der Waals surface area contributed by atoms with Gasteiger partial charge in [-0.2, -0.15) is 13.9 Å². The lowest BCUT2D eigenvalue weighted by atomic mass is 10.2. The SMILES string of the molecule is COc1cccc(CNc2cnn(CCO)c2)c1OC(F)F. The predicted molar refractivity (Wildman–Crippen MR) is 76.3 cm³/mol. The van der Waals surface area contributed by atoms with Crippen molar-refractivity contribution in [3.63, 3.8) is 0 Å². The number of halogens is 2. The molecule has 0 aliphatic heterocycles. The van der Waals surface area contributed by atoms with Crippen molar-refractivity contribution in [2.45, 2.75) is 19.7 Å². The number of nitrogens with zero attached hydrogens (tertiary/aromatic N) is 2. The Hall–Kier alpha value is -2.35. The molecule has 8 heteroatoms. The molecule has 0 aliphatic carbocycles. The van der Waals surface area contributed by atoms with Gasteiger partial charge in [-0.15, -0.1) is 0 Å². The third kappa shape index (κ3) is 4.08. The quantitative estimate of drug-likeness (QED) is 0.781. The van der Waals surface area contributed by atoms with E-state index in [0.717, 1.165) is 0 Å². The first-order chi connectivity index (χ1) is 10.6. The normalized spacial score (nSPS) is 10.8. The second-order valence-electron chi connectivity index (χ2n) is 4.40. The highest BCUT2D eigenvalue weighted by atomic mass is 19.3. The molecule has 0 saturated carbocycles. The molecular formula is C14H17F2N3O3. The van der Waals surface area contributed by atoms with Crippen LogP contribution in [0.25, 0.3) is 0 Å². The maximum absolute atomic E-state index is 12.5. The van der Waals surface area contributed by atoms with Crippen LogP contribution in [0.3, 0.4) is 0 Å². The lowest BCUT2D eigenvalue weighted by Crippen LogP contribution is -2.08. The lowest BCUT2D eigenvalue weighted by Gasteiger charge is -2.14. The average molecular weight is 313 g/mol. The summed E-state index contributed by atoms with van der Waals surface area (Å²) >= 11 is 0. The van der Waals surface area contributed by atoms with Gasteiger partial charge in [-0.25, -0.2) is 0 Å². The van der Waals surface area contributed by atoms with Crippen molar-refractivity contribution in [3.8, 4) is 11.5 Å². The van der Waals surface area contributed by atoms with E-state index in [0.29, 0.717) is 17.8 Å². The molecule has 120 valence electrons. The first kappa shape index (κ1) is 16.0. The third-order valence-corrected chi connectivity index (χ3v) is 2.93. The van der Waals surface area contributed by atoms with Crippen molar-refractivity contribution in [2.24, 2.45) is 0 Å². The van der Waals surface area contributed by atoms with Crippen molar-refractivity contribution in [1.29, 1.82) is 0 Å². The summed E-state index contributed by atoms with van der Waals surface area (Å²) in [7, 11) is 1.39. The van der Waals surface area contributed by atoms with E-state index in [4.69, 9.17) is 9.84 Å². The topological polar surface area (TPSA) is 68.5 Å². The summed E-state index contributed by atoms with van der Waals surface area (Å²) in [5.41, 5.74) is 1.24. The molecule has 0 saturated heterocycles. The molecule has 0 spiro atoms. The summed E-state index contributed by atoms with van der Waals surface area (Å²) < 4.78 is 36.2. The maximum Gasteiger partial charge on any atom is 0.387 e. The van der Waals surface area contributed by atoms with Crippen LogP contribution in [0, 0.1) is 0 Å². The minimum Gasteiger partial charge on any atom is -0.493 e. The molecule has 2 rings (SSSR count).